The second-order valence-electron chi connectivity index (χ2n) is 4.17. The number of carbonyl (C=O) groups is 1. The summed E-state index contributed by atoms with van der Waals surface area (Å²) in [4.78, 5) is 15.8. The molecule has 21 heavy (non-hydrogen) atoms. The van der Waals surface area contributed by atoms with Crippen molar-refractivity contribution in [2.45, 2.75) is 6.54 Å². The summed E-state index contributed by atoms with van der Waals surface area (Å²) in [6.07, 6.45) is 1.63. The van der Waals surface area contributed by atoms with Gasteiger partial charge in [-0.1, -0.05) is 29.8 Å². The van der Waals surface area contributed by atoms with Crippen LogP contribution in [0.3, 0.4) is 0 Å². The van der Waals surface area contributed by atoms with Crippen LogP contribution in [0.15, 0.2) is 42.6 Å². The van der Waals surface area contributed by atoms with E-state index in [0.29, 0.717) is 23.2 Å². The van der Waals surface area contributed by atoms with Crippen molar-refractivity contribution in [3.8, 4) is 11.6 Å². The second kappa shape index (κ2) is 7.50. The summed E-state index contributed by atoms with van der Waals surface area (Å²) in [6.45, 7) is 0.216. The van der Waals surface area contributed by atoms with Gasteiger partial charge in [-0.2, -0.15) is 0 Å². The summed E-state index contributed by atoms with van der Waals surface area (Å²) in [5, 5.41) is 3.21. The summed E-state index contributed by atoms with van der Waals surface area (Å²) < 4.78 is 10.5. The molecule has 1 aromatic heterocycles. The third-order valence-corrected chi connectivity index (χ3v) is 3.03. The Balaban J connectivity index is 1.84. The molecule has 1 heterocycles. The van der Waals surface area contributed by atoms with Crippen LogP contribution in [0.5, 0.6) is 11.6 Å². The van der Waals surface area contributed by atoms with Crippen LogP contribution >= 0.6 is 11.6 Å². The van der Waals surface area contributed by atoms with E-state index >= 15 is 0 Å². The topological polar surface area (TPSA) is 60.5 Å². The molecule has 110 valence electrons. The number of hydrogen-bond acceptors (Lipinski definition) is 4. The highest BCUT2D eigenvalue weighted by molar-refractivity contribution is 6.32. The summed E-state index contributed by atoms with van der Waals surface area (Å²) >= 11 is 5.94. The molecule has 0 saturated carbocycles. The van der Waals surface area contributed by atoms with Crippen molar-refractivity contribution >= 4 is 17.5 Å². The third kappa shape index (κ3) is 4.36. The molecule has 2 aromatic rings. The van der Waals surface area contributed by atoms with Crippen molar-refractivity contribution in [3.05, 3.63) is 53.2 Å². The molecule has 5 nitrogen and oxygen atoms in total. The molecule has 0 saturated heterocycles. The van der Waals surface area contributed by atoms with Gasteiger partial charge in [-0.05, 0) is 18.2 Å². The molecule has 0 bridgehead atoms. The number of para-hydroxylation sites is 1. The lowest BCUT2D eigenvalue weighted by atomic mass is 10.2. The predicted octanol–water partition coefficient (Wildman–Crippen LogP) is 2.44. The van der Waals surface area contributed by atoms with Gasteiger partial charge in [0.2, 0.25) is 5.88 Å². The Morgan fingerprint density at radius 2 is 2.10 bits per heavy atom. The minimum Gasteiger partial charge on any atom is -0.482 e. The molecule has 0 aliphatic rings. The van der Waals surface area contributed by atoms with Gasteiger partial charge in [0.1, 0.15) is 5.75 Å². The molecule has 1 N–H and O–H groups in total. The fourth-order valence-corrected chi connectivity index (χ4v) is 1.88. The zero-order valence-corrected chi connectivity index (χ0v) is 12.3. The molecule has 0 aliphatic carbocycles. The number of rotatable bonds is 6. The minimum absolute atomic E-state index is 0.105. The van der Waals surface area contributed by atoms with Crippen molar-refractivity contribution in [3.63, 3.8) is 0 Å². The normalized spacial score (nSPS) is 10.0. The fraction of sp³-hybridized carbons (Fsp3) is 0.200. The maximum absolute atomic E-state index is 11.8. The highest BCUT2D eigenvalue weighted by atomic mass is 35.5. The Kier molecular flexibility index (Phi) is 5.40. The van der Waals surface area contributed by atoms with Crippen molar-refractivity contribution < 1.29 is 14.3 Å². The van der Waals surface area contributed by atoms with Crippen LogP contribution in [-0.2, 0) is 11.3 Å². The van der Waals surface area contributed by atoms with Gasteiger partial charge in [-0.15, -0.1) is 0 Å². The number of ether oxygens (including phenoxy) is 2. The number of nitrogens with zero attached hydrogens (tertiary/aromatic N) is 1. The van der Waals surface area contributed by atoms with Crippen LogP contribution in [0.1, 0.15) is 5.56 Å². The van der Waals surface area contributed by atoms with Crippen molar-refractivity contribution in [2.24, 2.45) is 0 Å². The van der Waals surface area contributed by atoms with E-state index in [1.165, 1.54) is 7.11 Å². The molecule has 6 heteroatoms. The molecule has 1 aromatic carbocycles. The van der Waals surface area contributed by atoms with Gasteiger partial charge in [0.05, 0.1) is 12.1 Å². The number of benzene rings is 1. The number of carbonyl (C=O) groups excluding carboxylic acids is 1. The number of methoxy groups -OCH3 is 1. The van der Waals surface area contributed by atoms with E-state index in [1.807, 2.05) is 6.07 Å². The fourth-order valence-electron chi connectivity index (χ4n) is 1.69. The monoisotopic (exact) mass is 306 g/mol. The quantitative estimate of drug-likeness (QED) is 0.890. The molecule has 0 radical (unpaired) electrons. The van der Waals surface area contributed by atoms with Crippen LogP contribution in [0.4, 0.5) is 0 Å². The van der Waals surface area contributed by atoms with Crippen molar-refractivity contribution in [1.29, 1.82) is 0 Å². The molecular weight excluding hydrogens is 292 g/mol. The van der Waals surface area contributed by atoms with E-state index in [2.05, 4.69) is 10.3 Å². The van der Waals surface area contributed by atoms with Crippen LogP contribution in [0, 0.1) is 0 Å². The first-order chi connectivity index (χ1) is 10.2. The molecule has 0 spiro atoms. The van der Waals surface area contributed by atoms with Crippen LogP contribution in [0.2, 0.25) is 5.02 Å². The predicted molar refractivity (Wildman–Crippen MR) is 79.6 cm³/mol. The van der Waals surface area contributed by atoms with Gasteiger partial charge in [-0.25, -0.2) is 4.98 Å². The average molecular weight is 307 g/mol. The number of hydrogen-bond donors (Lipinski definition) is 1. The average Bonchev–Trinajstić information content (AvgIpc) is 2.52. The molecule has 2 rings (SSSR count). The second-order valence-corrected chi connectivity index (χ2v) is 4.57. The zero-order valence-electron chi connectivity index (χ0n) is 11.5. The summed E-state index contributed by atoms with van der Waals surface area (Å²) in [6, 6.07) is 10.6. The minimum atomic E-state index is -0.249. The third-order valence-electron chi connectivity index (χ3n) is 2.71. The maximum atomic E-state index is 11.8. The number of halogens is 1. The molecule has 0 atom stereocenters. The lowest BCUT2D eigenvalue weighted by Gasteiger charge is -2.10. The molecule has 0 fully saturated rings. The summed E-state index contributed by atoms with van der Waals surface area (Å²) in [7, 11) is 1.54. The first-order valence-corrected chi connectivity index (χ1v) is 6.70. The Hall–Kier alpha value is -2.27. The standard InChI is InChI=1S/C15H15ClN2O3/c1-20-15-11(5-4-8-17-15)9-18-14(19)10-21-13-7-3-2-6-12(13)16/h2-8H,9-10H2,1H3,(H,18,19). The van der Waals surface area contributed by atoms with Crippen molar-refractivity contribution in [1.82, 2.24) is 10.3 Å². The van der Waals surface area contributed by atoms with Crippen molar-refractivity contribution in [2.75, 3.05) is 13.7 Å². The number of amides is 1. The van der Waals surface area contributed by atoms with E-state index in [4.69, 9.17) is 21.1 Å². The number of aromatic nitrogens is 1. The zero-order chi connectivity index (χ0) is 15.1. The Labute approximate surface area is 127 Å². The van der Waals surface area contributed by atoms with Gasteiger partial charge < -0.3 is 14.8 Å². The van der Waals surface area contributed by atoms with Gasteiger partial charge >= 0.3 is 0 Å². The molecule has 0 aliphatic heterocycles. The Morgan fingerprint density at radius 1 is 1.29 bits per heavy atom. The van der Waals surface area contributed by atoms with E-state index in [-0.39, 0.29) is 12.5 Å². The van der Waals surface area contributed by atoms with E-state index in [0.717, 1.165) is 5.56 Å². The first kappa shape index (κ1) is 15.1. The smallest absolute Gasteiger partial charge is 0.258 e. The maximum Gasteiger partial charge on any atom is 0.258 e. The van der Waals surface area contributed by atoms with Gasteiger partial charge in [0.25, 0.3) is 5.91 Å². The van der Waals surface area contributed by atoms with Crippen LogP contribution in [-0.4, -0.2) is 24.6 Å². The molecule has 0 unspecified atom stereocenters. The van der Waals surface area contributed by atoms with Gasteiger partial charge in [0.15, 0.2) is 6.61 Å². The van der Waals surface area contributed by atoms with E-state index in [1.54, 1.807) is 36.5 Å². The highest BCUT2D eigenvalue weighted by Gasteiger charge is 2.07. The Morgan fingerprint density at radius 3 is 2.86 bits per heavy atom. The van der Waals surface area contributed by atoms with Crippen LogP contribution in [0.25, 0.3) is 0 Å². The van der Waals surface area contributed by atoms with Gasteiger partial charge in [0, 0.05) is 18.3 Å². The summed E-state index contributed by atoms with van der Waals surface area (Å²) in [5.74, 6) is 0.721. The Bertz CT molecular complexity index is 619. The lowest BCUT2D eigenvalue weighted by molar-refractivity contribution is -0.123. The molecule has 1 amide bonds. The summed E-state index contributed by atoms with van der Waals surface area (Å²) in [5.41, 5.74) is 0.797. The lowest BCUT2D eigenvalue weighted by Crippen LogP contribution is -2.28. The van der Waals surface area contributed by atoms with Gasteiger partial charge in [-0.3, -0.25) is 4.79 Å². The van der Waals surface area contributed by atoms with Crippen LogP contribution < -0.4 is 14.8 Å². The van der Waals surface area contributed by atoms with E-state index < -0.39 is 0 Å². The first-order valence-electron chi connectivity index (χ1n) is 6.32. The van der Waals surface area contributed by atoms with E-state index in [9.17, 15) is 4.79 Å². The molecular formula is C15H15ClN2O3. The number of pyridine rings is 1. The largest absolute Gasteiger partial charge is 0.482 e. The SMILES string of the molecule is COc1ncccc1CNC(=O)COc1ccccc1Cl. The number of nitrogens with one attached hydrogen (secondary N) is 1. The highest BCUT2D eigenvalue weighted by Crippen LogP contribution is 2.22.